The van der Waals surface area contributed by atoms with Gasteiger partial charge in [0.2, 0.25) is 0 Å². The zero-order chi connectivity index (χ0) is 12.8. The summed E-state index contributed by atoms with van der Waals surface area (Å²) in [6.45, 7) is 18.0. The van der Waals surface area contributed by atoms with Crippen molar-refractivity contribution >= 4 is 0 Å². The third-order valence-corrected chi connectivity index (χ3v) is 3.99. The van der Waals surface area contributed by atoms with E-state index >= 15 is 0 Å². The Kier molecular flexibility index (Phi) is 3.30. The maximum Gasteiger partial charge on any atom is 0.0635 e. The number of rotatable bonds is 0. The zero-order valence-corrected chi connectivity index (χ0v) is 12.3. The van der Waals surface area contributed by atoms with Crippen molar-refractivity contribution in [2.24, 2.45) is 0 Å². The standard InChI is InChI=1S/C14H28N2O/c1-13(2,3)15-7-11-9-17-10-12(8-15)16(11)14(4,5)6/h11-12H,7-10H2,1-6H3. The lowest BCUT2D eigenvalue weighted by molar-refractivity contribution is -0.144. The Bertz CT molecular complexity index is 263. The van der Waals surface area contributed by atoms with Crippen LogP contribution in [0.15, 0.2) is 0 Å². The first-order chi connectivity index (χ1) is 7.69. The molecule has 0 radical (unpaired) electrons. The molecule has 2 atom stereocenters. The van der Waals surface area contributed by atoms with Crippen molar-refractivity contribution in [3.63, 3.8) is 0 Å². The number of hydrogen-bond acceptors (Lipinski definition) is 3. The summed E-state index contributed by atoms with van der Waals surface area (Å²) in [5, 5.41) is 0. The van der Waals surface area contributed by atoms with Crippen LogP contribution in [0.4, 0.5) is 0 Å². The second-order valence-electron chi connectivity index (χ2n) is 7.50. The molecule has 2 unspecified atom stereocenters. The fraction of sp³-hybridized carbons (Fsp3) is 1.00. The van der Waals surface area contributed by atoms with Crippen LogP contribution in [0.3, 0.4) is 0 Å². The van der Waals surface area contributed by atoms with Gasteiger partial charge in [0.25, 0.3) is 0 Å². The average Bonchev–Trinajstić information content (AvgIpc) is 2.12. The van der Waals surface area contributed by atoms with Crippen LogP contribution in [0, 0.1) is 0 Å². The monoisotopic (exact) mass is 240 g/mol. The van der Waals surface area contributed by atoms with E-state index in [1.54, 1.807) is 0 Å². The van der Waals surface area contributed by atoms with Crippen molar-refractivity contribution in [2.75, 3.05) is 26.3 Å². The highest BCUT2D eigenvalue weighted by molar-refractivity contribution is 5.00. The van der Waals surface area contributed by atoms with E-state index in [1.165, 1.54) is 0 Å². The van der Waals surface area contributed by atoms with Gasteiger partial charge in [0.15, 0.2) is 0 Å². The number of fused-ring (bicyclic) bond motifs is 2. The molecule has 2 aliphatic heterocycles. The fourth-order valence-corrected chi connectivity index (χ4v) is 3.31. The predicted octanol–water partition coefficient (Wildman–Crippen LogP) is 1.97. The van der Waals surface area contributed by atoms with Gasteiger partial charge in [-0.1, -0.05) is 0 Å². The van der Waals surface area contributed by atoms with Gasteiger partial charge in [0, 0.05) is 36.3 Å². The Morgan fingerprint density at radius 1 is 0.824 bits per heavy atom. The first kappa shape index (κ1) is 13.3. The van der Waals surface area contributed by atoms with Crippen molar-refractivity contribution in [3.8, 4) is 0 Å². The minimum atomic E-state index is 0.253. The van der Waals surface area contributed by atoms with Gasteiger partial charge in [0.1, 0.15) is 0 Å². The summed E-state index contributed by atoms with van der Waals surface area (Å²) >= 11 is 0. The number of ether oxygens (including phenoxy) is 1. The molecule has 2 bridgehead atoms. The molecule has 0 saturated carbocycles. The average molecular weight is 240 g/mol. The molecule has 2 fully saturated rings. The molecule has 0 spiro atoms. The molecular formula is C14H28N2O. The number of hydrogen-bond donors (Lipinski definition) is 0. The maximum absolute atomic E-state index is 5.75. The molecule has 2 heterocycles. The van der Waals surface area contributed by atoms with E-state index in [0.717, 1.165) is 26.3 Å². The molecular weight excluding hydrogens is 212 g/mol. The minimum Gasteiger partial charge on any atom is -0.378 e. The molecule has 0 amide bonds. The highest BCUT2D eigenvalue weighted by atomic mass is 16.5. The minimum absolute atomic E-state index is 0.253. The maximum atomic E-state index is 5.75. The van der Waals surface area contributed by atoms with Crippen molar-refractivity contribution in [3.05, 3.63) is 0 Å². The second kappa shape index (κ2) is 4.22. The molecule has 100 valence electrons. The second-order valence-corrected chi connectivity index (χ2v) is 7.50. The lowest BCUT2D eigenvalue weighted by Crippen LogP contribution is -2.71. The summed E-state index contributed by atoms with van der Waals surface area (Å²) in [6.07, 6.45) is 0. The normalized spacial score (nSPS) is 32.8. The van der Waals surface area contributed by atoms with Crippen LogP contribution in [-0.2, 0) is 4.74 Å². The van der Waals surface area contributed by atoms with Crippen LogP contribution in [0.25, 0.3) is 0 Å². The van der Waals surface area contributed by atoms with Crippen LogP contribution in [-0.4, -0.2) is 59.3 Å². The SMILES string of the molecule is CC(C)(C)N1CC2COCC(C1)N2C(C)(C)C. The third-order valence-electron chi connectivity index (χ3n) is 3.99. The lowest BCUT2D eigenvalue weighted by Gasteiger charge is -2.57. The van der Waals surface area contributed by atoms with Crippen LogP contribution < -0.4 is 0 Å². The molecule has 0 aromatic heterocycles. The van der Waals surface area contributed by atoms with E-state index in [2.05, 4.69) is 51.3 Å². The summed E-state index contributed by atoms with van der Waals surface area (Å²) in [5.74, 6) is 0. The van der Waals surface area contributed by atoms with E-state index in [1.807, 2.05) is 0 Å². The van der Waals surface area contributed by atoms with E-state index in [9.17, 15) is 0 Å². The number of nitrogens with zero attached hydrogens (tertiary/aromatic N) is 2. The largest absolute Gasteiger partial charge is 0.378 e. The predicted molar refractivity (Wildman–Crippen MR) is 71.3 cm³/mol. The Balaban J connectivity index is 2.17. The van der Waals surface area contributed by atoms with E-state index < -0.39 is 0 Å². The zero-order valence-electron chi connectivity index (χ0n) is 12.3. The van der Waals surface area contributed by atoms with Crippen molar-refractivity contribution < 1.29 is 4.74 Å². The molecule has 3 heteroatoms. The molecule has 2 rings (SSSR count). The highest BCUT2D eigenvalue weighted by Gasteiger charge is 2.45. The lowest BCUT2D eigenvalue weighted by atomic mass is 9.92. The molecule has 0 aromatic rings. The molecule has 3 nitrogen and oxygen atoms in total. The van der Waals surface area contributed by atoms with Gasteiger partial charge in [-0.25, -0.2) is 0 Å². The van der Waals surface area contributed by atoms with E-state index in [-0.39, 0.29) is 11.1 Å². The summed E-state index contributed by atoms with van der Waals surface area (Å²) in [7, 11) is 0. The van der Waals surface area contributed by atoms with Gasteiger partial charge in [0.05, 0.1) is 13.2 Å². The highest BCUT2D eigenvalue weighted by Crippen LogP contribution is 2.31. The van der Waals surface area contributed by atoms with Crippen molar-refractivity contribution in [1.82, 2.24) is 9.80 Å². The van der Waals surface area contributed by atoms with Gasteiger partial charge in [-0.15, -0.1) is 0 Å². The van der Waals surface area contributed by atoms with Gasteiger partial charge in [-0.2, -0.15) is 0 Å². The van der Waals surface area contributed by atoms with Gasteiger partial charge < -0.3 is 4.74 Å². The quantitative estimate of drug-likeness (QED) is 0.644. The molecule has 0 aliphatic carbocycles. The van der Waals surface area contributed by atoms with E-state index in [4.69, 9.17) is 4.74 Å². The summed E-state index contributed by atoms with van der Waals surface area (Å²) in [6, 6.07) is 1.11. The van der Waals surface area contributed by atoms with Crippen LogP contribution in [0.5, 0.6) is 0 Å². The molecule has 2 aliphatic rings. The smallest absolute Gasteiger partial charge is 0.0635 e. The van der Waals surface area contributed by atoms with Crippen molar-refractivity contribution in [1.29, 1.82) is 0 Å². The van der Waals surface area contributed by atoms with Crippen LogP contribution in [0.2, 0.25) is 0 Å². The fourth-order valence-electron chi connectivity index (χ4n) is 3.31. The Hall–Kier alpha value is -0.120. The summed E-state index contributed by atoms with van der Waals surface area (Å²) in [5.41, 5.74) is 0.529. The number of morpholine rings is 1. The van der Waals surface area contributed by atoms with Gasteiger partial charge >= 0.3 is 0 Å². The molecule has 0 aromatic carbocycles. The summed E-state index contributed by atoms with van der Waals surface area (Å²) in [4.78, 5) is 5.30. The van der Waals surface area contributed by atoms with Gasteiger partial charge in [-0.3, -0.25) is 9.80 Å². The first-order valence-electron chi connectivity index (χ1n) is 6.81. The topological polar surface area (TPSA) is 15.7 Å². The van der Waals surface area contributed by atoms with Gasteiger partial charge in [-0.05, 0) is 41.5 Å². The summed E-state index contributed by atoms with van der Waals surface area (Å²) < 4.78 is 5.75. The third kappa shape index (κ3) is 2.67. The molecule has 0 N–H and O–H groups in total. The Morgan fingerprint density at radius 2 is 1.29 bits per heavy atom. The Labute approximate surface area is 106 Å². The first-order valence-corrected chi connectivity index (χ1v) is 6.81. The Morgan fingerprint density at radius 3 is 1.65 bits per heavy atom. The van der Waals surface area contributed by atoms with Crippen LogP contribution >= 0.6 is 0 Å². The molecule has 17 heavy (non-hydrogen) atoms. The van der Waals surface area contributed by atoms with E-state index in [0.29, 0.717) is 12.1 Å². The number of piperazine rings is 1. The molecule has 2 saturated heterocycles. The van der Waals surface area contributed by atoms with Crippen molar-refractivity contribution in [2.45, 2.75) is 64.7 Å². The van der Waals surface area contributed by atoms with Crippen LogP contribution in [0.1, 0.15) is 41.5 Å².